The monoisotopic (exact) mass is 567 g/mol. The van der Waals surface area contributed by atoms with Crippen LogP contribution in [0.5, 0.6) is 0 Å². The first-order valence-corrected chi connectivity index (χ1v) is 11.7. The third kappa shape index (κ3) is 8.22. The maximum atomic E-state index is 13.3. The molecule has 40 heavy (non-hydrogen) atoms. The minimum absolute atomic E-state index is 0.00731. The third-order valence-electron chi connectivity index (χ3n) is 5.35. The summed E-state index contributed by atoms with van der Waals surface area (Å²) < 4.78 is 81.0. The lowest BCUT2D eigenvalue weighted by Crippen LogP contribution is -2.45. The number of esters is 1. The minimum Gasteiger partial charge on any atom is -0.442 e. The van der Waals surface area contributed by atoms with E-state index in [1.807, 2.05) is 13.0 Å². The number of rotatable bonds is 8. The molecule has 0 radical (unpaired) electrons. The second-order valence-electron chi connectivity index (χ2n) is 8.50. The summed E-state index contributed by atoms with van der Waals surface area (Å²) >= 11 is 0. The van der Waals surface area contributed by atoms with Gasteiger partial charge in [-0.25, -0.2) is 4.79 Å². The van der Waals surface area contributed by atoms with E-state index < -0.39 is 49.3 Å². The summed E-state index contributed by atoms with van der Waals surface area (Å²) in [6.45, 7) is 1.28. The fraction of sp³-hybridized carbons (Fsp3) is 0.222. The van der Waals surface area contributed by atoms with Gasteiger partial charge in [0, 0.05) is 11.4 Å². The van der Waals surface area contributed by atoms with Crippen molar-refractivity contribution in [2.45, 2.75) is 31.8 Å². The predicted octanol–water partition coefficient (Wildman–Crippen LogP) is 6.06. The van der Waals surface area contributed by atoms with Crippen molar-refractivity contribution in [2.75, 3.05) is 16.8 Å². The maximum Gasteiger partial charge on any atom is 0.434 e. The highest BCUT2D eigenvalue weighted by Crippen LogP contribution is 2.36. The van der Waals surface area contributed by atoms with Crippen molar-refractivity contribution in [3.63, 3.8) is 0 Å². The Labute approximate surface area is 224 Å². The van der Waals surface area contributed by atoms with Gasteiger partial charge in [-0.1, -0.05) is 48.5 Å². The number of urea groups is 1. The number of hydrogen-bond acceptors (Lipinski definition) is 4. The second kappa shape index (κ2) is 12.5. The molecule has 0 bridgehead atoms. The van der Waals surface area contributed by atoms with Crippen molar-refractivity contribution in [2.24, 2.45) is 0 Å². The number of hydrogen-bond donors (Lipinski definition) is 2. The Bertz CT molecular complexity index is 1330. The Morgan fingerprint density at radius 3 is 2.10 bits per heavy atom. The summed E-state index contributed by atoms with van der Waals surface area (Å²) in [6, 6.07) is 19.5. The lowest BCUT2D eigenvalue weighted by atomic mass is 10.1. The predicted molar refractivity (Wildman–Crippen MR) is 134 cm³/mol. The first-order chi connectivity index (χ1) is 18.8. The standard InChI is InChI=1S/C27H23F6N3O4/c1-17-8-7-10-19(14-17)35-25(39)34-16-22(37)36(20-11-3-2-4-12-20)21-13-6-5-9-18(21)15-23(38)40-24(26(28,29)30)27(31,32)33/h2-14,24H,15-16H2,1H3,(H2,34,35,39). The molecule has 3 rings (SSSR count). The highest BCUT2D eigenvalue weighted by atomic mass is 19.4. The largest absolute Gasteiger partial charge is 0.442 e. The molecule has 0 aliphatic rings. The van der Waals surface area contributed by atoms with Crippen LogP contribution < -0.4 is 15.5 Å². The number of amides is 3. The Morgan fingerprint density at radius 1 is 0.850 bits per heavy atom. The maximum absolute atomic E-state index is 13.3. The lowest BCUT2D eigenvalue weighted by molar-refractivity contribution is -0.313. The molecule has 2 N–H and O–H groups in total. The number of nitrogens with one attached hydrogen (secondary N) is 2. The van der Waals surface area contributed by atoms with Crippen molar-refractivity contribution < 1.29 is 45.5 Å². The average Bonchev–Trinajstić information content (AvgIpc) is 2.86. The Kier molecular flexibility index (Phi) is 9.40. The molecule has 0 unspecified atom stereocenters. The van der Waals surface area contributed by atoms with Crippen LogP contribution in [0.15, 0.2) is 78.9 Å². The van der Waals surface area contributed by atoms with Gasteiger partial charge in [0.1, 0.15) is 0 Å². The van der Waals surface area contributed by atoms with Gasteiger partial charge in [-0.05, 0) is 48.4 Å². The van der Waals surface area contributed by atoms with Crippen LogP contribution in [0.4, 0.5) is 48.2 Å². The summed E-state index contributed by atoms with van der Waals surface area (Å²) in [4.78, 5) is 39.0. The second-order valence-corrected chi connectivity index (χ2v) is 8.50. The number of aryl methyl sites for hydroxylation is 1. The molecule has 3 aromatic carbocycles. The van der Waals surface area contributed by atoms with Crippen molar-refractivity contribution in [3.05, 3.63) is 90.0 Å². The molecule has 0 aliphatic carbocycles. The molecule has 3 aromatic rings. The van der Waals surface area contributed by atoms with Crippen molar-refractivity contribution >= 4 is 35.0 Å². The average molecular weight is 567 g/mol. The summed E-state index contributed by atoms with van der Waals surface area (Å²) in [5.41, 5.74) is 1.53. The summed E-state index contributed by atoms with van der Waals surface area (Å²) in [5, 5.41) is 4.98. The Hall–Kier alpha value is -4.55. The van der Waals surface area contributed by atoms with Crippen LogP contribution in [0.2, 0.25) is 0 Å². The van der Waals surface area contributed by atoms with Gasteiger partial charge in [-0.15, -0.1) is 0 Å². The molecule has 3 amide bonds. The van der Waals surface area contributed by atoms with E-state index in [4.69, 9.17) is 0 Å². The quantitative estimate of drug-likeness (QED) is 0.256. The van der Waals surface area contributed by atoms with Crippen LogP contribution >= 0.6 is 0 Å². The molecule has 0 fully saturated rings. The highest BCUT2D eigenvalue weighted by molar-refractivity contribution is 6.04. The van der Waals surface area contributed by atoms with E-state index in [-0.39, 0.29) is 16.9 Å². The van der Waals surface area contributed by atoms with E-state index in [0.29, 0.717) is 5.69 Å². The van der Waals surface area contributed by atoms with E-state index in [0.717, 1.165) is 10.5 Å². The summed E-state index contributed by atoms with van der Waals surface area (Å²) in [7, 11) is 0. The van der Waals surface area contributed by atoms with Gasteiger partial charge in [0.05, 0.1) is 18.7 Å². The number of nitrogens with zero attached hydrogens (tertiary/aromatic N) is 1. The Balaban J connectivity index is 1.83. The lowest BCUT2D eigenvalue weighted by Gasteiger charge is -2.26. The van der Waals surface area contributed by atoms with Gasteiger partial charge in [-0.3, -0.25) is 14.5 Å². The number of anilines is 3. The Morgan fingerprint density at radius 2 is 1.48 bits per heavy atom. The van der Waals surface area contributed by atoms with Crippen LogP contribution in [0.1, 0.15) is 11.1 Å². The number of para-hydroxylation sites is 2. The molecule has 0 saturated heterocycles. The first kappa shape index (κ1) is 30.0. The van der Waals surface area contributed by atoms with E-state index >= 15 is 0 Å². The molecule has 0 aromatic heterocycles. The van der Waals surface area contributed by atoms with Crippen molar-refractivity contribution in [3.8, 4) is 0 Å². The number of benzene rings is 3. The smallest absolute Gasteiger partial charge is 0.434 e. The van der Waals surface area contributed by atoms with Crippen molar-refractivity contribution in [1.29, 1.82) is 0 Å². The van der Waals surface area contributed by atoms with Crippen LogP contribution in [-0.2, 0) is 20.7 Å². The SMILES string of the molecule is Cc1cccc(NC(=O)NCC(=O)N(c2ccccc2)c2ccccc2CC(=O)OC(C(F)(F)F)C(F)(F)F)c1. The number of halogens is 6. The van der Waals surface area contributed by atoms with Gasteiger partial charge in [0.15, 0.2) is 0 Å². The molecule has 0 aliphatic heterocycles. The van der Waals surface area contributed by atoms with E-state index in [1.165, 1.54) is 36.4 Å². The van der Waals surface area contributed by atoms with Gasteiger partial charge >= 0.3 is 24.4 Å². The molecular formula is C27H23F6N3O4. The van der Waals surface area contributed by atoms with E-state index in [2.05, 4.69) is 15.4 Å². The number of carbonyl (C=O) groups excluding carboxylic acids is 3. The zero-order chi connectivity index (χ0) is 29.5. The number of alkyl halides is 6. The summed E-state index contributed by atoms with van der Waals surface area (Å²) in [6.07, 6.45) is -17.0. The third-order valence-corrected chi connectivity index (χ3v) is 5.35. The van der Waals surface area contributed by atoms with Gasteiger partial charge in [0.25, 0.3) is 12.0 Å². The fourth-order valence-corrected chi connectivity index (χ4v) is 3.65. The van der Waals surface area contributed by atoms with Crippen molar-refractivity contribution in [1.82, 2.24) is 5.32 Å². The topological polar surface area (TPSA) is 87.7 Å². The molecule has 7 nitrogen and oxygen atoms in total. The molecular weight excluding hydrogens is 544 g/mol. The summed E-state index contributed by atoms with van der Waals surface area (Å²) in [5.74, 6) is -2.52. The number of ether oxygens (including phenoxy) is 1. The van der Waals surface area contributed by atoms with E-state index in [9.17, 15) is 40.7 Å². The number of carbonyl (C=O) groups is 3. The minimum atomic E-state index is -5.87. The van der Waals surface area contributed by atoms with E-state index in [1.54, 1.807) is 36.4 Å². The van der Waals surface area contributed by atoms with Crippen LogP contribution in [-0.4, -0.2) is 42.9 Å². The zero-order valence-electron chi connectivity index (χ0n) is 20.8. The molecule has 13 heteroatoms. The normalized spacial score (nSPS) is 11.6. The van der Waals surface area contributed by atoms with Gasteiger partial charge in [-0.2, -0.15) is 26.3 Å². The van der Waals surface area contributed by atoms with Gasteiger partial charge in [0.2, 0.25) is 0 Å². The highest BCUT2D eigenvalue weighted by Gasteiger charge is 2.59. The molecule has 0 spiro atoms. The molecule has 0 atom stereocenters. The molecule has 212 valence electrons. The van der Waals surface area contributed by atoms with Gasteiger partial charge < -0.3 is 15.4 Å². The molecule has 0 heterocycles. The first-order valence-electron chi connectivity index (χ1n) is 11.7. The van der Waals surface area contributed by atoms with Crippen LogP contribution in [0.25, 0.3) is 0 Å². The molecule has 0 saturated carbocycles. The zero-order valence-corrected chi connectivity index (χ0v) is 20.8. The van der Waals surface area contributed by atoms with Crippen LogP contribution in [0.3, 0.4) is 0 Å². The fourth-order valence-electron chi connectivity index (χ4n) is 3.65. The van der Waals surface area contributed by atoms with Crippen LogP contribution in [0, 0.1) is 6.92 Å².